The van der Waals surface area contributed by atoms with Gasteiger partial charge in [-0.2, -0.15) is 0 Å². The molecule has 8 N–H and O–H groups in total. The lowest BCUT2D eigenvalue weighted by atomic mass is 9.85. The van der Waals surface area contributed by atoms with E-state index in [4.69, 9.17) is 0 Å². The van der Waals surface area contributed by atoms with Crippen LogP contribution in [0.3, 0.4) is 0 Å². The van der Waals surface area contributed by atoms with E-state index in [9.17, 15) is 38.4 Å². The molecule has 0 radical (unpaired) electrons. The van der Waals surface area contributed by atoms with Crippen LogP contribution in [0.1, 0.15) is 149 Å². The van der Waals surface area contributed by atoms with Gasteiger partial charge in [-0.1, -0.05) is 96.1 Å². The number of aromatic nitrogens is 1. The number of hydrogen-bond acceptors (Lipinski definition) is 11. The summed E-state index contributed by atoms with van der Waals surface area (Å²) in [6, 6.07) is 13.2. The highest BCUT2D eigenvalue weighted by atomic mass is 16.2. The highest BCUT2D eigenvalue weighted by molar-refractivity contribution is 5.98. The van der Waals surface area contributed by atoms with E-state index < -0.39 is 82.8 Å². The second kappa shape index (κ2) is 24.1. The Morgan fingerprint density at radius 1 is 0.539 bits per heavy atom. The smallest absolute Gasteiger partial charge is 0.270 e. The number of pyridine rings is 1. The van der Waals surface area contributed by atoms with Crippen LogP contribution in [-0.2, 0) is 41.6 Å². The molecule has 7 rings (SSSR count). The molecule has 2 aliphatic heterocycles. The SMILES string of the molecule is CN[C@@H](C)C(=O)N[C@H](C(=O)N1C[C@@H](NC(=O)c2cccc(C(=O)N[C@H]3C[C@@H](C(=O)N[C@@H]4CCCc5ccccc54)N(C(=O)[C@@H](NC(=O)[C@H](C)NC)C(C)(C)C)C3)n2)C[C@H]1C(=O)N[C@@H]1CCCc2ccccc21)C(C)(C)C. The van der Waals surface area contributed by atoms with Crippen molar-refractivity contribution in [1.29, 1.82) is 0 Å². The summed E-state index contributed by atoms with van der Waals surface area (Å²) in [5, 5.41) is 24.0. The zero-order chi connectivity index (χ0) is 55.2. The maximum absolute atomic E-state index is 14.7. The van der Waals surface area contributed by atoms with Crippen LogP contribution in [0.2, 0.25) is 0 Å². The Balaban J connectivity index is 1.09. The van der Waals surface area contributed by atoms with Gasteiger partial charge in [-0.25, -0.2) is 4.98 Å². The number of rotatable bonds is 16. The second-order valence-electron chi connectivity index (χ2n) is 23.2. The minimum atomic E-state index is -1.01. The number of nitrogens with zero attached hydrogens (tertiary/aromatic N) is 3. The van der Waals surface area contributed by atoms with Gasteiger partial charge in [-0.05, 0) is 125 Å². The Labute approximate surface area is 447 Å². The summed E-state index contributed by atoms with van der Waals surface area (Å²) in [7, 11) is 3.29. The van der Waals surface area contributed by atoms with Crippen molar-refractivity contribution in [3.8, 4) is 0 Å². The fourth-order valence-corrected chi connectivity index (χ4v) is 10.8. The van der Waals surface area contributed by atoms with Gasteiger partial charge in [0.25, 0.3) is 11.8 Å². The first kappa shape index (κ1) is 57.0. The molecule has 10 atom stereocenters. The van der Waals surface area contributed by atoms with Crippen molar-refractivity contribution in [2.75, 3.05) is 27.2 Å². The fraction of sp³-hybridized carbons (Fsp3) is 0.561. The summed E-state index contributed by atoms with van der Waals surface area (Å²) in [5.74, 6) is -3.72. The van der Waals surface area contributed by atoms with E-state index in [2.05, 4.69) is 59.7 Å². The van der Waals surface area contributed by atoms with Gasteiger partial charge >= 0.3 is 0 Å². The largest absolute Gasteiger partial charge is 0.347 e. The maximum atomic E-state index is 14.7. The standard InChI is InChI=1S/C57H79N11O8/c1-32(58-9)48(69)65-46(56(3,4)5)54(75)67-30-36(28-44(67)52(73)63-40-24-15-20-34-18-11-13-22-38(34)40)60-50(71)42-26-17-27-43(62-42)51(72)61-37-29-45(53(74)64-41-25-16-21-35-19-12-14-23-39(35)41)68(31-37)55(76)47(57(6,7)8)66-49(70)33(2)59-10/h11-14,17-19,22-23,26-27,32-33,36-37,40-41,44-47,58-59H,15-16,20-21,24-25,28-31H2,1-10H3,(H,60,71)(H,61,72)(H,63,73)(H,64,74)(H,65,69)(H,66,70)/t32-,33-,36-,37-,40+,41+,44-,45-,46+,47+/m0/s1. The molecule has 4 aliphatic rings. The number of hydrogen-bond donors (Lipinski definition) is 8. The third-order valence-corrected chi connectivity index (χ3v) is 15.5. The molecule has 0 saturated carbocycles. The molecule has 3 heterocycles. The molecule has 8 amide bonds. The van der Waals surface area contributed by atoms with Gasteiger partial charge in [0.05, 0.1) is 24.2 Å². The number of aryl methyl sites for hydroxylation is 2. The summed E-state index contributed by atoms with van der Waals surface area (Å²) in [5.41, 5.74) is 2.67. The Morgan fingerprint density at radius 2 is 0.921 bits per heavy atom. The van der Waals surface area contributed by atoms with Gasteiger partial charge in [0.1, 0.15) is 35.6 Å². The van der Waals surface area contributed by atoms with E-state index >= 15 is 0 Å². The molecule has 0 unspecified atom stereocenters. The van der Waals surface area contributed by atoms with E-state index in [-0.39, 0.29) is 73.0 Å². The van der Waals surface area contributed by atoms with Crippen LogP contribution in [0.4, 0.5) is 0 Å². The average molecular weight is 1050 g/mol. The molecular formula is C57H79N11O8. The molecule has 19 heteroatoms. The number of likely N-dealkylation sites (tertiary alicyclic amines) is 2. The minimum absolute atomic E-state index is 0.0404. The van der Waals surface area contributed by atoms with Crippen LogP contribution in [0.25, 0.3) is 0 Å². The summed E-state index contributed by atoms with van der Waals surface area (Å²) < 4.78 is 0. The van der Waals surface area contributed by atoms with Crippen LogP contribution < -0.4 is 42.5 Å². The normalized spacial score (nSPS) is 22.9. The van der Waals surface area contributed by atoms with Crippen molar-refractivity contribution < 1.29 is 38.4 Å². The first-order valence-electron chi connectivity index (χ1n) is 26.9. The van der Waals surface area contributed by atoms with Gasteiger partial charge in [-0.15, -0.1) is 0 Å². The van der Waals surface area contributed by atoms with Gasteiger partial charge in [0.15, 0.2) is 0 Å². The fourth-order valence-electron chi connectivity index (χ4n) is 10.8. The van der Waals surface area contributed by atoms with Crippen molar-refractivity contribution in [3.63, 3.8) is 0 Å². The second-order valence-corrected chi connectivity index (χ2v) is 23.2. The number of benzene rings is 2. The summed E-state index contributed by atoms with van der Waals surface area (Å²) in [6.45, 7) is 14.3. The Bertz CT molecular complexity index is 2490. The third kappa shape index (κ3) is 13.3. The quantitative estimate of drug-likeness (QED) is 0.104. The van der Waals surface area contributed by atoms with Crippen LogP contribution in [0, 0.1) is 10.8 Å². The van der Waals surface area contributed by atoms with Gasteiger partial charge in [0.2, 0.25) is 35.4 Å². The van der Waals surface area contributed by atoms with E-state index in [0.717, 1.165) is 60.8 Å². The average Bonchev–Trinajstić information content (AvgIpc) is 4.03. The Hall–Kier alpha value is -6.73. The zero-order valence-corrected chi connectivity index (χ0v) is 45.8. The first-order chi connectivity index (χ1) is 36.0. The first-order valence-corrected chi connectivity index (χ1v) is 26.9. The van der Waals surface area contributed by atoms with E-state index in [0.29, 0.717) is 0 Å². The Morgan fingerprint density at radius 3 is 1.29 bits per heavy atom. The van der Waals surface area contributed by atoms with Crippen molar-refractivity contribution in [2.24, 2.45) is 10.8 Å². The number of likely N-dealkylation sites (N-methyl/N-ethyl adjacent to an activating group) is 2. The van der Waals surface area contributed by atoms with Crippen LogP contribution in [-0.4, -0.2) is 138 Å². The van der Waals surface area contributed by atoms with Crippen molar-refractivity contribution in [3.05, 3.63) is 100 Å². The number of nitrogens with one attached hydrogen (secondary N) is 8. The molecule has 3 aromatic rings. The number of carbonyl (C=O) groups is 8. The molecule has 2 saturated heterocycles. The molecule has 19 nitrogen and oxygen atoms in total. The number of amides is 8. The lowest BCUT2D eigenvalue weighted by Crippen LogP contribution is -2.59. The highest BCUT2D eigenvalue weighted by Gasteiger charge is 2.48. The molecule has 0 spiro atoms. The molecule has 2 fully saturated rings. The minimum Gasteiger partial charge on any atom is -0.347 e. The predicted octanol–water partition coefficient (Wildman–Crippen LogP) is 3.15. The molecule has 1 aromatic heterocycles. The molecule has 2 aliphatic carbocycles. The van der Waals surface area contributed by atoms with Crippen LogP contribution in [0.5, 0.6) is 0 Å². The highest BCUT2D eigenvalue weighted by Crippen LogP contribution is 2.34. The van der Waals surface area contributed by atoms with E-state index in [1.165, 1.54) is 28.0 Å². The van der Waals surface area contributed by atoms with Crippen molar-refractivity contribution in [1.82, 2.24) is 57.3 Å². The van der Waals surface area contributed by atoms with Gasteiger partial charge < -0.3 is 52.3 Å². The van der Waals surface area contributed by atoms with Crippen molar-refractivity contribution >= 4 is 47.3 Å². The summed E-state index contributed by atoms with van der Waals surface area (Å²) >= 11 is 0. The van der Waals surface area contributed by atoms with Crippen LogP contribution >= 0.6 is 0 Å². The molecule has 0 bridgehead atoms. The lowest BCUT2D eigenvalue weighted by Gasteiger charge is -2.36. The van der Waals surface area contributed by atoms with Crippen LogP contribution in [0.15, 0.2) is 66.7 Å². The predicted molar refractivity (Wildman–Crippen MR) is 287 cm³/mol. The molecule has 410 valence electrons. The lowest BCUT2D eigenvalue weighted by molar-refractivity contribution is -0.144. The summed E-state index contributed by atoms with van der Waals surface area (Å²) in [4.78, 5) is 120. The molecule has 2 aromatic carbocycles. The molecular weight excluding hydrogens is 967 g/mol. The van der Waals surface area contributed by atoms with E-state index in [1.807, 2.05) is 77.9 Å². The zero-order valence-electron chi connectivity index (χ0n) is 45.8. The van der Waals surface area contributed by atoms with Gasteiger partial charge in [-0.3, -0.25) is 38.4 Å². The van der Waals surface area contributed by atoms with Crippen molar-refractivity contribution in [2.45, 2.75) is 167 Å². The molecule has 76 heavy (non-hydrogen) atoms. The van der Waals surface area contributed by atoms with E-state index in [1.54, 1.807) is 27.9 Å². The summed E-state index contributed by atoms with van der Waals surface area (Å²) in [6.07, 6.45) is 5.13. The third-order valence-electron chi connectivity index (χ3n) is 15.5. The van der Waals surface area contributed by atoms with Gasteiger partial charge in [0, 0.05) is 25.2 Å². The maximum Gasteiger partial charge on any atom is 0.270 e. The monoisotopic (exact) mass is 1050 g/mol. The Kier molecular flexibility index (Phi) is 18.1. The number of fused-ring (bicyclic) bond motifs is 2. The topological polar surface area (TPSA) is 252 Å². The number of carbonyl (C=O) groups excluding carboxylic acids is 8.